The van der Waals surface area contributed by atoms with Gasteiger partial charge in [-0.2, -0.15) is 0 Å². The van der Waals surface area contributed by atoms with Crippen molar-refractivity contribution in [2.75, 3.05) is 0 Å². The normalized spacial score (nSPS) is 10.4. The van der Waals surface area contributed by atoms with Crippen LogP contribution in [0.25, 0.3) is 0 Å². The summed E-state index contributed by atoms with van der Waals surface area (Å²) in [6, 6.07) is 17.7. The average Bonchev–Trinajstić information content (AvgIpc) is 2.33. The van der Waals surface area contributed by atoms with Crippen LogP contribution < -0.4 is 0 Å². The fourth-order valence-electron chi connectivity index (χ4n) is 1.83. The average molecular weight is 210 g/mol. The lowest BCUT2D eigenvalue weighted by Gasteiger charge is -2.03. The van der Waals surface area contributed by atoms with Crippen molar-refractivity contribution in [3.05, 3.63) is 70.8 Å². The van der Waals surface area contributed by atoms with E-state index in [4.69, 9.17) is 0 Å². The summed E-state index contributed by atoms with van der Waals surface area (Å²) >= 11 is 0. The third-order valence-corrected chi connectivity index (χ3v) is 2.96. The standard InChI is InChI=1S/C16H18/c1-3-14-8-10-16(11-9-14)12-15-6-4-13(2)5-7-15/h4-11H,3,12H2,1-2H3. The number of hydrogen-bond donors (Lipinski definition) is 0. The minimum atomic E-state index is 1.03. The Kier molecular flexibility index (Phi) is 3.40. The molecule has 2 aromatic rings. The Balaban J connectivity index is 2.11. The van der Waals surface area contributed by atoms with Crippen LogP contribution in [0, 0.1) is 6.92 Å². The van der Waals surface area contributed by atoms with Crippen LogP contribution in [0.4, 0.5) is 0 Å². The molecular formula is C16H18. The van der Waals surface area contributed by atoms with Gasteiger partial charge in [-0.15, -0.1) is 0 Å². The highest BCUT2D eigenvalue weighted by atomic mass is 14.0. The minimum absolute atomic E-state index is 1.03. The minimum Gasteiger partial charge on any atom is -0.0613 e. The van der Waals surface area contributed by atoms with Crippen molar-refractivity contribution in [1.29, 1.82) is 0 Å². The predicted octanol–water partition coefficient (Wildman–Crippen LogP) is 4.15. The first-order valence-electron chi connectivity index (χ1n) is 5.91. The highest BCUT2D eigenvalue weighted by molar-refractivity contribution is 5.30. The zero-order chi connectivity index (χ0) is 11.4. The molecule has 0 aliphatic heterocycles. The molecule has 0 unspecified atom stereocenters. The van der Waals surface area contributed by atoms with Gasteiger partial charge in [0.1, 0.15) is 0 Å². The van der Waals surface area contributed by atoms with E-state index in [0.717, 1.165) is 12.8 Å². The molecule has 16 heavy (non-hydrogen) atoms. The fraction of sp³-hybridized carbons (Fsp3) is 0.250. The Bertz CT molecular complexity index is 434. The summed E-state index contributed by atoms with van der Waals surface area (Å²) in [7, 11) is 0. The van der Waals surface area contributed by atoms with E-state index in [1.54, 1.807) is 0 Å². The largest absolute Gasteiger partial charge is 0.0613 e. The highest BCUT2D eigenvalue weighted by Gasteiger charge is 1.96. The molecule has 0 aliphatic carbocycles. The zero-order valence-corrected chi connectivity index (χ0v) is 10.0. The molecule has 0 spiro atoms. The molecule has 0 N–H and O–H groups in total. The number of aryl methyl sites for hydroxylation is 2. The van der Waals surface area contributed by atoms with Crippen LogP contribution in [-0.2, 0) is 12.8 Å². The number of rotatable bonds is 3. The van der Waals surface area contributed by atoms with Crippen molar-refractivity contribution in [2.45, 2.75) is 26.7 Å². The molecule has 0 bridgehead atoms. The highest BCUT2D eigenvalue weighted by Crippen LogP contribution is 2.12. The van der Waals surface area contributed by atoms with E-state index in [2.05, 4.69) is 62.4 Å². The van der Waals surface area contributed by atoms with Crippen molar-refractivity contribution in [3.63, 3.8) is 0 Å². The smallest absolute Gasteiger partial charge is 0.00258 e. The van der Waals surface area contributed by atoms with Gasteiger partial charge in [-0.3, -0.25) is 0 Å². The van der Waals surface area contributed by atoms with E-state index in [0.29, 0.717) is 0 Å². The molecule has 0 saturated carbocycles. The second kappa shape index (κ2) is 4.98. The lowest BCUT2D eigenvalue weighted by Crippen LogP contribution is -1.89. The van der Waals surface area contributed by atoms with Gasteiger partial charge < -0.3 is 0 Å². The summed E-state index contributed by atoms with van der Waals surface area (Å²) in [5.74, 6) is 0. The SMILES string of the molecule is CCc1ccc(Cc2ccc(C)cc2)cc1. The van der Waals surface area contributed by atoms with E-state index >= 15 is 0 Å². The van der Waals surface area contributed by atoms with Gasteiger partial charge in [0.25, 0.3) is 0 Å². The molecular weight excluding hydrogens is 192 g/mol. The Morgan fingerprint density at radius 3 is 1.62 bits per heavy atom. The predicted molar refractivity (Wildman–Crippen MR) is 69.8 cm³/mol. The maximum absolute atomic E-state index is 2.23. The first-order valence-corrected chi connectivity index (χ1v) is 5.91. The van der Waals surface area contributed by atoms with Gasteiger partial charge in [-0.05, 0) is 36.5 Å². The molecule has 0 saturated heterocycles. The lowest BCUT2D eigenvalue weighted by atomic mass is 10.0. The molecule has 0 amide bonds. The summed E-state index contributed by atoms with van der Waals surface area (Å²) in [5.41, 5.74) is 5.51. The molecule has 0 fully saturated rings. The molecule has 2 rings (SSSR count). The number of hydrogen-bond acceptors (Lipinski definition) is 0. The second-order valence-electron chi connectivity index (χ2n) is 4.33. The topological polar surface area (TPSA) is 0 Å². The van der Waals surface area contributed by atoms with Gasteiger partial charge in [-0.25, -0.2) is 0 Å². The van der Waals surface area contributed by atoms with Gasteiger partial charge in [0.05, 0.1) is 0 Å². The van der Waals surface area contributed by atoms with Gasteiger partial charge in [0, 0.05) is 0 Å². The van der Waals surface area contributed by atoms with Crippen LogP contribution in [0.2, 0.25) is 0 Å². The van der Waals surface area contributed by atoms with Crippen LogP contribution in [0.15, 0.2) is 48.5 Å². The van der Waals surface area contributed by atoms with Crippen LogP contribution >= 0.6 is 0 Å². The summed E-state index contributed by atoms with van der Waals surface area (Å²) in [6.07, 6.45) is 2.15. The Hall–Kier alpha value is -1.56. The van der Waals surface area contributed by atoms with E-state index in [1.807, 2.05) is 0 Å². The molecule has 0 atom stereocenters. The van der Waals surface area contributed by atoms with Crippen molar-refractivity contribution in [2.24, 2.45) is 0 Å². The molecule has 0 heterocycles. The van der Waals surface area contributed by atoms with Crippen molar-refractivity contribution < 1.29 is 0 Å². The van der Waals surface area contributed by atoms with E-state index < -0.39 is 0 Å². The van der Waals surface area contributed by atoms with Crippen LogP contribution in [0.5, 0.6) is 0 Å². The van der Waals surface area contributed by atoms with Crippen molar-refractivity contribution in [1.82, 2.24) is 0 Å². The van der Waals surface area contributed by atoms with E-state index in [9.17, 15) is 0 Å². The van der Waals surface area contributed by atoms with Crippen molar-refractivity contribution in [3.8, 4) is 0 Å². The van der Waals surface area contributed by atoms with E-state index in [-0.39, 0.29) is 0 Å². The quantitative estimate of drug-likeness (QED) is 0.714. The zero-order valence-electron chi connectivity index (χ0n) is 10.0. The molecule has 82 valence electrons. The first kappa shape index (κ1) is 10.9. The van der Waals surface area contributed by atoms with Crippen LogP contribution in [-0.4, -0.2) is 0 Å². The molecule has 2 aromatic carbocycles. The third kappa shape index (κ3) is 2.73. The third-order valence-electron chi connectivity index (χ3n) is 2.96. The molecule has 0 aromatic heterocycles. The second-order valence-corrected chi connectivity index (χ2v) is 4.33. The van der Waals surface area contributed by atoms with Gasteiger partial charge >= 0.3 is 0 Å². The molecule has 0 heteroatoms. The summed E-state index contributed by atoms with van der Waals surface area (Å²) in [6.45, 7) is 4.31. The molecule has 0 aliphatic rings. The maximum Gasteiger partial charge on any atom is -0.00258 e. The van der Waals surface area contributed by atoms with Crippen molar-refractivity contribution >= 4 is 0 Å². The molecule has 0 nitrogen and oxygen atoms in total. The van der Waals surface area contributed by atoms with Gasteiger partial charge in [-0.1, -0.05) is 61.0 Å². The fourth-order valence-corrected chi connectivity index (χ4v) is 1.83. The summed E-state index contributed by atoms with van der Waals surface area (Å²) < 4.78 is 0. The van der Waals surface area contributed by atoms with Gasteiger partial charge in [0.15, 0.2) is 0 Å². The molecule has 0 radical (unpaired) electrons. The number of benzene rings is 2. The Morgan fingerprint density at radius 1 is 0.688 bits per heavy atom. The first-order chi connectivity index (χ1) is 7.78. The Labute approximate surface area is 97.9 Å². The summed E-state index contributed by atoms with van der Waals surface area (Å²) in [4.78, 5) is 0. The lowest BCUT2D eigenvalue weighted by molar-refractivity contribution is 1.12. The maximum atomic E-state index is 2.23. The monoisotopic (exact) mass is 210 g/mol. The van der Waals surface area contributed by atoms with Crippen LogP contribution in [0.3, 0.4) is 0 Å². The van der Waals surface area contributed by atoms with Crippen LogP contribution in [0.1, 0.15) is 29.2 Å². The Morgan fingerprint density at radius 2 is 1.12 bits per heavy atom. The van der Waals surface area contributed by atoms with E-state index in [1.165, 1.54) is 22.3 Å². The van der Waals surface area contributed by atoms with Gasteiger partial charge in [0.2, 0.25) is 0 Å². The summed E-state index contributed by atoms with van der Waals surface area (Å²) in [5, 5.41) is 0.